The topological polar surface area (TPSA) is 57.7 Å². The van der Waals surface area contributed by atoms with Gasteiger partial charge in [0, 0.05) is 13.1 Å². The van der Waals surface area contributed by atoms with Crippen LogP contribution in [-0.4, -0.2) is 44.6 Å². The van der Waals surface area contributed by atoms with Crippen LogP contribution in [0.1, 0.15) is 32.6 Å². The minimum Gasteiger partial charge on any atom is -0.341 e. The highest BCUT2D eigenvalue weighted by atomic mass is 32.2. The zero-order valence-electron chi connectivity index (χ0n) is 13.5. The molecule has 0 saturated carbocycles. The van der Waals surface area contributed by atoms with E-state index >= 15 is 0 Å². The summed E-state index contributed by atoms with van der Waals surface area (Å²) in [6.45, 7) is 3.11. The number of carbonyl (C=O) groups is 1. The third-order valence-corrected chi connectivity index (χ3v) is 5.24. The van der Waals surface area contributed by atoms with Gasteiger partial charge in [0.25, 0.3) is 0 Å². The van der Waals surface area contributed by atoms with Crippen molar-refractivity contribution in [1.29, 1.82) is 0 Å². The fourth-order valence-corrected chi connectivity index (χ4v) is 4.16. The van der Waals surface area contributed by atoms with Crippen molar-refractivity contribution in [3.8, 4) is 0 Å². The molecule has 0 N–H and O–H groups in total. The number of benzene rings is 1. The van der Waals surface area contributed by atoms with Crippen LogP contribution in [0.3, 0.4) is 0 Å². The highest BCUT2D eigenvalue weighted by molar-refractivity contribution is 7.92. The number of piperidine rings is 1. The zero-order valence-corrected chi connectivity index (χ0v) is 14.4. The molecule has 2 rings (SSSR count). The molecule has 0 spiro atoms. The van der Waals surface area contributed by atoms with Crippen LogP contribution < -0.4 is 4.31 Å². The molecule has 1 aliphatic heterocycles. The van der Waals surface area contributed by atoms with Crippen LogP contribution in [0.15, 0.2) is 24.3 Å². The monoisotopic (exact) mass is 342 g/mol. The van der Waals surface area contributed by atoms with Crippen molar-refractivity contribution in [1.82, 2.24) is 4.90 Å². The summed E-state index contributed by atoms with van der Waals surface area (Å²) in [5.41, 5.74) is 0.311. The number of rotatable bonds is 5. The van der Waals surface area contributed by atoms with Crippen molar-refractivity contribution in [3.63, 3.8) is 0 Å². The first-order valence-electron chi connectivity index (χ1n) is 7.88. The quantitative estimate of drug-likeness (QED) is 0.825. The van der Waals surface area contributed by atoms with E-state index in [-0.39, 0.29) is 5.91 Å². The maximum atomic E-state index is 13.1. The van der Waals surface area contributed by atoms with Gasteiger partial charge < -0.3 is 4.90 Å². The van der Waals surface area contributed by atoms with Crippen LogP contribution in [0.2, 0.25) is 0 Å². The van der Waals surface area contributed by atoms with Crippen LogP contribution >= 0.6 is 0 Å². The molecule has 1 atom stereocenters. The Morgan fingerprint density at radius 3 is 2.26 bits per heavy atom. The van der Waals surface area contributed by atoms with E-state index in [1.807, 2.05) is 0 Å². The Labute approximate surface area is 137 Å². The number of sulfonamides is 1. The predicted molar refractivity (Wildman–Crippen MR) is 88.2 cm³/mol. The van der Waals surface area contributed by atoms with Gasteiger partial charge in [-0.2, -0.15) is 0 Å². The van der Waals surface area contributed by atoms with Crippen molar-refractivity contribution in [2.75, 3.05) is 23.7 Å². The number of likely N-dealkylation sites (tertiary alicyclic amines) is 1. The molecule has 0 radical (unpaired) electrons. The third-order valence-electron chi connectivity index (χ3n) is 4.06. The van der Waals surface area contributed by atoms with Gasteiger partial charge in [-0.05, 0) is 49.9 Å². The van der Waals surface area contributed by atoms with Crippen molar-refractivity contribution in [3.05, 3.63) is 30.1 Å². The highest BCUT2D eigenvalue weighted by Gasteiger charge is 2.34. The second-order valence-electron chi connectivity index (χ2n) is 5.85. The molecule has 1 aromatic carbocycles. The lowest BCUT2D eigenvalue weighted by Crippen LogP contribution is -2.51. The van der Waals surface area contributed by atoms with Crippen molar-refractivity contribution >= 4 is 21.6 Å². The fourth-order valence-electron chi connectivity index (χ4n) is 2.96. The Hall–Kier alpha value is -1.63. The number of hydrogen-bond donors (Lipinski definition) is 0. The molecule has 0 aromatic heterocycles. The summed E-state index contributed by atoms with van der Waals surface area (Å²) in [5.74, 6) is -0.625. The smallest absolute Gasteiger partial charge is 0.246 e. The molecular formula is C16H23FN2O3S. The lowest BCUT2D eigenvalue weighted by atomic mass is 10.1. The lowest BCUT2D eigenvalue weighted by Gasteiger charge is -2.35. The highest BCUT2D eigenvalue weighted by Crippen LogP contribution is 2.24. The Bertz CT molecular complexity index is 640. The van der Waals surface area contributed by atoms with E-state index in [0.29, 0.717) is 25.2 Å². The maximum Gasteiger partial charge on any atom is 0.246 e. The van der Waals surface area contributed by atoms with Crippen molar-refractivity contribution in [2.45, 2.75) is 38.6 Å². The van der Waals surface area contributed by atoms with Gasteiger partial charge in [-0.15, -0.1) is 0 Å². The van der Waals surface area contributed by atoms with Crippen molar-refractivity contribution in [2.24, 2.45) is 0 Å². The molecule has 7 heteroatoms. The van der Waals surface area contributed by atoms with Crippen LogP contribution in [-0.2, 0) is 14.8 Å². The van der Waals surface area contributed by atoms with E-state index in [9.17, 15) is 17.6 Å². The summed E-state index contributed by atoms with van der Waals surface area (Å²) in [4.78, 5) is 14.5. The largest absolute Gasteiger partial charge is 0.341 e. The molecular weight excluding hydrogens is 319 g/mol. The van der Waals surface area contributed by atoms with Gasteiger partial charge >= 0.3 is 0 Å². The minimum atomic E-state index is -3.66. The first kappa shape index (κ1) is 17.7. The number of nitrogens with zero attached hydrogens (tertiary/aromatic N) is 2. The van der Waals surface area contributed by atoms with Crippen LogP contribution in [0, 0.1) is 5.82 Å². The predicted octanol–water partition coefficient (Wildman–Crippen LogP) is 2.38. The van der Waals surface area contributed by atoms with Gasteiger partial charge in [0.15, 0.2) is 0 Å². The SMILES string of the molecule is CC[C@H](C(=O)N1CCCCC1)N(c1ccc(F)cc1)S(C)(=O)=O. The molecule has 23 heavy (non-hydrogen) atoms. The summed E-state index contributed by atoms with van der Waals surface area (Å²) in [5, 5.41) is 0. The molecule has 128 valence electrons. The molecule has 0 unspecified atom stereocenters. The molecule has 1 aromatic rings. The summed E-state index contributed by atoms with van der Waals surface area (Å²) >= 11 is 0. The van der Waals surface area contributed by atoms with E-state index in [1.54, 1.807) is 11.8 Å². The molecule has 1 saturated heterocycles. The molecule has 5 nitrogen and oxygen atoms in total. The van der Waals surface area contributed by atoms with Crippen molar-refractivity contribution < 1.29 is 17.6 Å². The van der Waals surface area contributed by atoms with E-state index < -0.39 is 21.9 Å². The summed E-state index contributed by atoms with van der Waals surface area (Å²) < 4.78 is 38.8. The van der Waals surface area contributed by atoms with E-state index in [4.69, 9.17) is 0 Å². The molecule has 1 amide bonds. The summed E-state index contributed by atoms with van der Waals surface area (Å²) in [6, 6.07) is 4.39. The number of amides is 1. The standard InChI is InChI=1S/C16H23FN2O3S/c1-3-15(16(20)18-11-5-4-6-12-18)19(23(2,21)22)14-9-7-13(17)8-10-14/h7-10,15H,3-6,11-12H2,1-2H3/t15-/m1/s1. The Morgan fingerprint density at radius 2 is 1.78 bits per heavy atom. The van der Waals surface area contributed by atoms with Crippen LogP contribution in [0.5, 0.6) is 0 Å². The van der Waals surface area contributed by atoms with Gasteiger partial charge in [0.1, 0.15) is 11.9 Å². The average Bonchev–Trinajstić information content (AvgIpc) is 2.53. The number of halogens is 1. The Balaban J connectivity index is 2.35. The molecule has 1 aliphatic rings. The average molecular weight is 342 g/mol. The number of hydrogen-bond acceptors (Lipinski definition) is 3. The maximum absolute atomic E-state index is 13.1. The zero-order chi connectivity index (χ0) is 17.0. The first-order valence-corrected chi connectivity index (χ1v) is 9.73. The van der Waals surface area contributed by atoms with E-state index in [0.717, 1.165) is 29.8 Å². The van der Waals surface area contributed by atoms with Gasteiger partial charge in [0.2, 0.25) is 15.9 Å². The first-order chi connectivity index (χ1) is 10.8. The fraction of sp³-hybridized carbons (Fsp3) is 0.562. The second kappa shape index (κ2) is 7.29. The van der Waals surface area contributed by atoms with E-state index in [2.05, 4.69) is 0 Å². The minimum absolute atomic E-state index is 0.179. The Kier molecular flexibility index (Phi) is 5.62. The summed E-state index contributed by atoms with van der Waals surface area (Å²) in [6.07, 6.45) is 4.41. The second-order valence-corrected chi connectivity index (χ2v) is 7.70. The summed E-state index contributed by atoms with van der Waals surface area (Å²) in [7, 11) is -3.66. The van der Waals surface area contributed by atoms with Gasteiger partial charge in [-0.25, -0.2) is 12.8 Å². The Morgan fingerprint density at radius 1 is 1.22 bits per heavy atom. The molecule has 0 aliphatic carbocycles. The van der Waals surface area contributed by atoms with Gasteiger partial charge in [-0.1, -0.05) is 6.92 Å². The third kappa shape index (κ3) is 4.22. The molecule has 1 heterocycles. The molecule has 1 fully saturated rings. The lowest BCUT2D eigenvalue weighted by molar-refractivity contribution is -0.133. The number of anilines is 1. The van der Waals surface area contributed by atoms with Crippen LogP contribution in [0.4, 0.5) is 10.1 Å². The molecule has 0 bridgehead atoms. The van der Waals surface area contributed by atoms with Crippen LogP contribution in [0.25, 0.3) is 0 Å². The van der Waals surface area contributed by atoms with Gasteiger partial charge in [-0.3, -0.25) is 9.10 Å². The van der Waals surface area contributed by atoms with Gasteiger partial charge in [0.05, 0.1) is 11.9 Å². The normalized spacial score (nSPS) is 16.9. The van der Waals surface area contributed by atoms with E-state index in [1.165, 1.54) is 24.3 Å². The number of carbonyl (C=O) groups excluding carboxylic acids is 1.